The van der Waals surface area contributed by atoms with Crippen LogP contribution in [0, 0.1) is 6.92 Å². The lowest BCUT2D eigenvalue weighted by Crippen LogP contribution is -2.50. The maximum absolute atomic E-state index is 12.9. The minimum Gasteiger partial charge on any atom is -0.496 e. The molecule has 7 heteroatoms. The first-order valence-electron chi connectivity index (χ1n) is 10.0. The predicted molar refractivity (Wildman–Crippen MR) is 113 cm³/mol. The van der Waals surface area contributed by atoms with Crippen molar-refractivity contribution in [3.8, 4) is 5.75 Å². The van der Waals surface area contributed by atoms with Gasteiger partial charge in [-0.3, -0.25) is 9.59 Å². The van der Waals surface area contributed by atoms with Crippen molar-refractivity contribution >= 4 is 11.8 Å². The van der Waals surface area contributed by atoms with Gasteiger partial charge in [-0.15, -0.1) is 0 Å². The van der Waals surface area contributed by atoms with Gasteiger partial charge in [-0.1, -0.05) is 48.0 Å². The molecule has 0 aliphatic carbocycles. The summed E-state index contributed by atoms with van der Waals surface area (Å²) < 4.78 is 5.31. The van der Waals surface area contributed by atoms with Gasteiger partial charge in [0.25, 0.3) is 5.91 Å². The molecule has 2 N–H and O–H groups in total. The highest BCUT2D eigenvalue weighted by Gasteiger charge is 2.40. The third kappa shape index (κ3) is 4.16. The van der Waals surface area contributed by atoms with Crippen LogP contribution in [-0.2, 0) is 16.1 Å². The van der Waals surface area contributed by atoms with Crippen LogP contribution in [-0.4, -0.2) is 41.4 Å². The number of hydrazine groups is 1. The Hall–Kier alpha value is -3.32. The van der Waals surface area contributed by atoms with Crippen molar-refractivity contribution in [2.45, 2.75) is 32.0 Å². The molecule has 0 saturated carbocycles. The maximum Gasteiger partial charge on any atom is 0.251 e. The molecule has 2 aliphatic heterocycles. The summed E-state index contributed by atoms with van der Waals surface area (Å²) in [6, 6.07) is 15.6. The second-order valence-electron chi connectivity index (χ2n) is 7.60. The molecule has 2 aliphatic rings. The van der Waals surface area contributed by atoms with Crippen molar-refractivity contribution in [3.05, 3.63) is 77.6 Å². The number of methoxy groups -OCH3 is 1. The molecule has 2 amide bonds. The summed E-state index contributed by atoms with van der Waals surface area (Å²) in [5, 5.41) is 4.71. The number of hydrogen-bond acceptors (Lipinski definition) is 5. The molecule has 1 fully saturated rings. The molecule has 0 radical (unpaired) electrons. The van der Waals surface area contributed by atoms with E-state index >= 15 is 0 Å². The Morgan fingerprint density at radius 2 is 1.93 bits per heavy atom. The van der Waals surface area contributed by atoms with E-state index in [2.05, 4.69) is 41.9 Å². The van der Waals surface area contributed by atoms with Gasteiger partial charge in [-0.05, 0) is 25.0 Å². The second-order valence-corrected chi connectivity index (χ2v) is 7.60. The smallest absolute Gasteiger partial charge is 0.251 e. The summed E-state index contributed by atoms with van der Waals surface area (Å²) in [5.41, 5.74) is 6.62. The van der Waals surface area contributed by atoms with E-state index in [1.807, 2.05) is 35.5 Å². The van der Waals surface area contributed by atoms with Crippen LogP contribution in [0.3, 0.4) is 0 Å². The van der Waals surface area contributed by atoms with Gasteiger partial charge in [-0.25, -0.2) is 5.43 Å². The van der Waals surface area contributed by atoms with E-state index in [4.69, 9.17) is 4.74 Å². The van der Waals surface area contributed by atoms with Gasteiger partial charge in [0.05, 0.1) is 13.2 Å². The molecule has 0 bridgehead atoms. The number of hydrogen-bond donors (Lipinski definition) is 2. The average molecular weight is 406 g/mol. The normalized spacial score (nSPS) is 20.3. The first kappa shape index (κ1) is 20.0. The number of para-hydroxylation sites is 1. The Morgan fingerprint density at radius 3 is 2.70 bits per heavy atom. The number of fused-ring (bicyclic) bond motifs is 1. The van der Waals surface area contributed by atoms with Crippen LogP contribution in [0.1, 0.15) is 29.2 Å². The summed E-state index contributed by atoms with van der Waals surface area (Å²) in [6.07, 6.45) is 4.14. The van der Waals surface area contributed by atoms with Crippen molar-refractivity contribution in [2.75, 3.05) is 13.7 Å². The predicted octanol–water partition coefficient (Wildman–Crippen LogP) is 2.25. The summed E-state index contributed by atoms with van der Waals surface area (Å²) in [5.74, 6) is 0.432. The molecule has 2 unspecified atom stereocenters. The van der Waals surface area contributed by atoms with Crippen LogP contribution >= 0.6 is 0 Å². The molecule has 7 nitrogen and oxygen atoms in total. The summed E-state index contributed by atoms with van der Waals surface area (Å²) >= 11 is 0. The quantitative estimate of drug-likeness (QED) is 0.770. The number of nitrogens with one attached hydrogen (secondary N) is 2. The number of ether oxygens (including phenoxy) is 1. The number of rotatable bonds is 6. The fourth-order valence-corrected chi connectivity index (χ4v) is 3.84. The Balaban J connectivity index is 1.34. The second kappa shape index (κ2) is 8.59. The lowest BCUT2D eigenvalue weighted by Gasteiger charge is -2.31. The minimum atomic E-state index is -0.316. The highest BCUT2D eigenvalue weighted by molar-refractivity contribution is 5.89. The van der Waals surface area contributed by atoms with Crippen molar-refractivity contribution in [3.63, 3.8) is 0 Å². The zero-order valence-corrected chi connectivity index (χ0v) is 17.2. The van der Waals surface area contributed by atoms with Gasteiger partial charge in [0.15, 0.2) is 0 Å². The van der Waals surface area contributed by atoms with E-state index in [0.29, 0.717) is 13.0 Å². The number of amides is 2. The van der Waals surface area contributed by atoms with Crippen molar-refractivity contribution < 1.29 is 14.3 Å². The van der Waals surface area contributed by atoms with Gasteiger partial charge in [0.1, 0.15) is 18.3 Å². The molecule has 0 aromatic heterocycles. The lowest BCUT2D eigenvalue weighted by molar-refractivity contribution is -0.138. The van der Waals surface area contributed by atoms with Gasteiger partial charge >= 0.3 is 0 Å². The third-order valence-corrected chi connectivity index (χ3v) is 5.54. The highest BCUT2D eigenvalue weighted by Crippen LogP contribution is 2.30. The molecule has 156 valence electrons. The maximum atomic E-state index is 12.9. The lowest BCUT2D eigenvalue weighted by atomic mass is 10.00. The van der Waals surface area contributed by atoms with Crippen LogP contribution in [0.2, 0.25) is 0 Å². The fraction of sp³-hybridized carbons (Fsp3) is 0.304. The number of nitrogens with zero attached hydrogens (tertiary/aromatic N) is 2. The van der Waals surface area contributed by atoms with E-state index in [1.165, 1.54) is 10.5 Å². The third-order valence-electron chi connectivity index (χ3n) is 5.54. The fourth-order valence-electron chi connectivity index (χ4n) is 3.84. The zero-order valence-electron chi connectivity index (χ0n) is 17.2. The minimum absolute atomic E-state index is 0.00990. The standard InChI is InChI=1S/C23H26N4O3/c1-16-7-9-17(10-8-16)19-13-20-23(29)26(11-12-27(20)25-19)15-22(28)24-14-18-5-3-4-6-21(18)30-2/h3-12,19-20,25H,13-15H2,1-2H3,(H,24,28). The Bertz CT molecular complexity index is 957. The topological polar surface area (TPSA) is 73.9 Å². The summed E-state index contributed by atoms with van der Waals surface area (Å²) in [4.78, 5) is 26.9. The van der Waals surface area contributed by atoms with Crippen molar-refractivity contribution in [1.29, 1.82) is 0 Å². The van der Waals surface area contributed by atoms with E-state index in [1.54, 1.807) is 13.3 Å². The molecule has 2 heterocycles. The van der Waals surface area contributed by atoms with Crippen LogP contribution in [0.4, 0.5) is 0 Å². The monoisotopic (exact) mass is 406 g/mol. The molecular formula is C23H26N4O3. The molecule has 4 rings (SSSR count). The SMILES string of the molecule is COc1ccccc1CNC(=O)CN1C=CN2NC(c3ccc(C)cc3)CC2C1=O. The molecule has 30 heavy (non-hydrogen) atoms. The van der Waals surface area contributed by atoms with E-state index in [9.17, 15) is 9.59 Å². The van der Waals surface area contributed by atoms with Gasteiger partial charge in [-0.2, -0.15) is 0 Å². The van der Waals surface area contributed by atoms with Crippen molar-refractivity contribution in [1.82, 2.24) is 20.7 Å². The summed E-state index contributed by atoms with van der Waals surface area (Å²) in [6.45, 7) is 2.39. The Morgan fingerprint density at radius 1 is 1.17 bits per heavy atom. The van der Waals surface area contributed by atoms with E-state index in [-0.39, 0.29) is 30.4 Å². The Kier molecular flexibility index (Phi) is 5.72. The van der Waals surface area contributed by atoms with Crippen LogP contribution in [0.25, 0.3) is 0 Å². The van der Waals surface area contributed by atoms with Crippen molar-refractivity contribution in [2.24, 2.45) is 0 Å². The number of aryl methyl sites for hydroxylation is 1. The number of benzene rings is 2. The van der Waals surface area contributed by atoms with Gasteiger partial charge < -0.3 is 20.0 Å². The molecule has 1 saturated heterocycles. The molecule has 2 atom stereocenters. The molecule has 0 spiro atoms. The molecule has 2 aromatic carbocycles. The largest absolute Gasteiger partial charge is 0.496 e. The van der Waals surface area contributed by atoms with Gasteiger partial charge in [0, 0.05) is 24.5 Å². The van der Waals surface area contributed by atoms with Crippen LogP contribution < -0.4 is 15.5 Å². The van der Waals surface area contributed by atoms with E-state index < -0.39 is 0 Å². The molecular weight excluding hydrogens is 380 g/mol. The zero-order chi connectivity index (χ0) is 21.1. The van der Waals surface area contributed by atoms with E-state index in [0.717, 1.165) is 16.9 Å². The van der Waals surface area contributed by atoms with Gasteiger partial charge in [0.2, 0.25) is 5.91 Å². The first-order valence-corrected chi connectivity index (χ1v) is 10.0. The number of carbonyl (C=O) groups is 2. The van der Waals surface area contributed by atoms with Crippen LogP contribution in [0.15, 0.2) is 60.9 Å². The average Bonchev–Trinajstić information content (AvgIpc) is 3.20. The first-order chi connectivity index (χ1) is 14.5. The molecule has 2 aromatic rings. The van der Waals surface area contributed by atoms with Crippen LogP contribution in [0.5, 0.6) is 5.75 Å². The number of carbonyl (C=O) groups excluding carboxylic acids is 2. The Labute approximate surface area is 176 Å². The highest BCUT2D eigenvalue weighted by atomic mass is 16.5. The summed E-state index contributed by atoms with van der Waals surface area (Å²) in [7, 11) is 1.60.